The number of aliphatic hydroxyl groups excluding tert-OH is 1. The Hall–Kier alpha value is -1.23. The monoisotopic (exact) mass is 414 g/mol. The summed E-state index contributed by atoms with van der Waals surface area (Å²) in [5, 5.41) is 21.6. The molecular weight excluding hydrogens is 376 g/mol. The first-order chi connectivity index (χ1) is 14.2. The molecular formula is C26H38O4. The van der Waals surface area contributed by atoms with Gasteiger partial charge in [-0.1, -0.05) is 36.3 Å². The van der Waals surface area contributed by atoms with Crippen molar-refractivity contribution in [3.8, 4) is 0 Å². The van der Waals surface area contributed by atoms with Gasteiger partial charge in [0.15, 0.2) is 5.78 Å². The Morgan fingerprint density at radius 2 is 2.10 bits per heavy atom. The summed E-state index contributed by atoms with van der Waals surface area (Å²) >= 11 is 0. The molecule has 4 aliphatic carbocycles. The van der Waals surface area contributed by atoms with Crippen LogP contribution in [0, 0.1) is 29.1 Å². The van der Waals surface area contributed by atoms with Gasteiger partial charge in [0.25, 0.3) is 0 Å². The molecule has 166 valence electrons. The van der Waals surface area contributed by atoms with E-state index in [9.17, 15) is 15.0 Å². The van der Waals surface area contributed by atoms with E-state index in [4.69, 9.17) is 4.74 Å². The molecule has 2 bridgehead atoms. The fourth-order valence-electron chi connectivity index (χ4n) is 7.03. The summed E-state index contributed by atoms with van der Waals surface area (Å²) in [4.78, 5) is 13.1. The van der Waals surface area contributed by atoms with E-state index in [2.05, 4.69) is 13.0 Å². The number of carbonyl (C=O) groups is 1. The van der Waals surface area contributed by atoms with Crippen LogP contribution in [0.3, 0.4) is 0 Å². The van der Waals surface area contributed by atoms with Crippen LogP contribution < -0.4 is 0 Å². The summed E-state index contributed by atoms with van der Waals surface area (Å²) in [5.41, 5.74) is 1.78. The normalized spacial score (nSPS) is 41.8. The molecule has 0 aromatic carbocycles. The Morgan fingerprint density at radius 3 is 2.83 bits per heavy atom. The Balaban J connectivity index is 1.65. The molecule has 4 aliphatic rings. The van der Waals surface area contributed by atoms with Crippen LogP contribution in [0.4, 0.5) is 0 Å². The highest BCUT2D eigenvalue weighted by atomic mass is 16.5. The molecule has 30 heavy (non-hydrogen) atoms. The van der Waals surface area contributed by atoms with Gasteiger partial charge in [-0.2, -0.15) is 0 Å². The second kappa shape index (κ2) is 8.03. The first kappa shape index (κ1) is 22.0. The van der Waals surface area contributed by atoms with Gasteiger partial charge >= 0.3 is 0 Å². The third-order valence-corrected chi connectivity index (χ3v) is 8.74. The van der Waals surface area contributed by atoms with Crippen LogP contribution in [-0.4, -0.2) is 40.9 Å². The Labute approximate surface area is 181 Å². The lowest BCUT2D eigenvalue weighted by Crippen LogP contribution is -2.45. The zero-order valence-electron chi connectivity index (χ0n) is 18.9. The van der Waals surface area contributed by atoms with Gasteiger partial charge in [0.2, 0.25) is 0 Å². The number of hydrogen-bond donors (Lipinski definition) is 2. The SMILES string of the molecule is CO[C@H](C)/C=C/[C@](C)(O)[C@H]1CC[C@H]2C3=CC(=O)[C@H]4CC(=CC[C@H](O)C4)[C@H]3CC[C@@]21C. The second-order valence-electron chi connectivity index (χ2n) is 10.7. The van der Waals surface area contributed by atoms with Crippen LogP contribution in [0.25, 0.3) is 0 Å². The fraction of sp³-hybridized carbons (Fsp3) is 0.731. The second-order valence-corrected chi connectivity index (χ2v) is 10.7. The lowest BCUT2D eigenvalue weighted by molar-refractivity contribution is -0.119. The van der Waals surface area contributed by atoms with E-state index in [0.29, 0.717) is 24.7 Å². The highest BCUT2D eigenvalue weighted by molar-refractivity contribution is 5.93. The van der Waals surface area contributed by atoms with Crippen LogP contribution >= 0.6 is 0 Å². The van der Waals surface area contributed by atoms with Crippen molar-refractivity contribution in [3.05, 3.63) is 35.5 Å². The number of aliphatic hydroxyl groups is 2. The third kappa shape index (κ3) is 3.76. The minimum atomic E-state index is -0.894. The maximum Gasteiger partial charge on any atom is 0.159 e. The maximum atomic E-state index is 13.1. The summed E-state index contributed by atoms with van der Waals surface area (Å²) in [5.74, 6) is 0.976. The van der Waals surface area contributed by atoms with Gasteiger partial charge in [0, 0.05) is 18.9 Å². The smallest absolute Gasteiger partial charge is 0.159 e. The number of ether oxygens (including phenoxy) is 1. The third-order valence-electron chi connectivity index (χ3n) is 8.74. The minimum Gasteiger partial charge on any atom is -0.393 e. The average Bonchev–Trinajstić information content (AvgIpc) is 2.86. The van der Waals surface area contributed by atoms with E-state index in [-0.39, 0.29) is 29.1 Å². The van der Waals surface area contributed by atoms with Crippen molar-refractivity contribution in [3.63, 3.8) is 0 Å². The number of rotatable bonds is 4. The summed E-state index contributed by atoms with van der Waals surface area (Å²) in [6, 6.07) is 0. The Bertz CT molecular complexity index is 776. The molecule has 0 radical (unpaired) electrons. The minimum absolute atomic E-state index is 0.0126. The molecule has 8 atom stereocenters. The molecule has 0 amide bonds. The Kier molecular flexibility index (Phi) is 5.89. The number of hydrogen-bond acceptors (Lipinski definition) is 4. The molecule has 0 saturated heterocycles. The molecule has 0 spiro atoms. The molecule has 4 heteroatoms. The zero-order valence-corrected chi connectivity index (χ0v) is 18.9. The van der Waals surface area contributed by atoms with Gasteiger partial charge in [0.05, 0.1) is 17.8 Å². The van der Waals surface area contributed by atoms with Crippen LogP contribution in [0.15, 0.2) is 35.5 Å². The molecule has 0 heterocycles. The number of methoxy groups -OCH3 is 1. The zero-order chi connectivity index (χ0) is 21.7. The van der Waals surface area contributed by atoms with Crippen LogP contribution in [-0.2, 0) is 9.53 Å². The van der Waals surface area contributed by atoms with E-state index in [1.54, 1.807) is 7.11 Å². The van der Waals surface area contributed by atoms with Crippen molar-refractivity contribution >= 4 is 5.78 Å². The van der Waals surface area contributed by atoms with Gasteiger partial charge in [0.1, 0.15) is 0 Å². The van der Waals surface area contributed by atoms with Crippen LogP contribution in [0.5, 0.6) is 0 Å². The Morgan fingerprint density at radius 1 is 1.33 bits per heavy atom. The summed E-state index contributed by atoms with van der Waals surface area (Å²) in [7, 11) is 1.68. The molecule has 0 aromatic rings. The van der Waals surface area contributed by atoms with Gasteiger partial charge in [-0.3, -0.25) is 4.79 Å². The van der Waals surface area contributed by atoms with Crippen LogP contribution in [0.2, 0.25) is 0 Å². The predicted molar refractivity (Wildman–Crippen MR) is 118 cm³/mol. The van der Waals surface area contributed by atoms with E-state index < -0.39 is 11.7 Å². The standard InChI is InChI=1S/C26H38O4/c1-16(30-4)9-12-26(3,29)24-8-7-22-21-15-23(28)18-13-17(5-6-19(27)14-18)20(21)10-11-25(22,24)2/h5,9,12,15-16,18-20,22,24,27,29H,6-8,10-11,13-14H2,1-4H3/b12-9+/t16-,18+,19+,20-,22+,24+,25+,26+/m1/s1. The summed E-state index contributed by atoms with van der Waals surface area (Å²) in [6.45, 7) is 6.24. The van der Waals surface area contributed by atoms with Crippen LogP contribution in [0.1, 0.15) is 65.7 Å². The quantitative estimate of drug-likeness (QED) is 0.671. The maximum absolute atomic E-state index is 13.1. The van der Waals surface area contributed by atoms with Gasteiger partial charge in [-0.25, -0.2) is 0 Å². The molecule has 2 saturated carbocycles. The number of carbonyl (C=O) groups excluding carboxylic acids is 1. The first-order valence-electron chi connectivity index (χ1n) is 11.7. The molecule has 4 rings (SSSR count). The highest BCUT2D eigenvalue weighted by Gasteiger charge is 2.57. The molecule has 2 fully saturated rings. The molecule has 0 aromatic heterocycles. The fourth-order valence-corrected chi connectivity index (χ4v) is 7.03. The molecule has 0 aliphatic heterocycles. The van der Waals surface area contributed by atoms with Gasteiger partial charge in [-0.15, -0.1) is 0 Å². The molecule has 0 unspecified atom stereocenters. The van der Waals surface area contributed by atoms with E-state index in [1.165, 1.54) is 11.1 Å². The van der Waals surface area contributed by atoms with Crippen molar-refractivity contribution in [2.24, 2.45) is 29.1 Å². The predicted octanol–water partition coefficient (Wildman–Crippen LogP) is 4.37. The first-order valence-corrected chi connectivity index (χ1v) is 11.7. The topological polar surface area (TPSA) is 66.8 Å². The molecule has 4 nitrogen and oxygen atoms in total. The largest absolute Gasteiger partial charge is 0.393 e. The number of allylic oxidation sites excluding steroid dienone is 3. The van der Waals surface area contributed by atoms with E-state index in [0.717, 1.165) is 32.1 Å². The van der Waals surface area contributed by atoms with Crippen molar-refractivity contribution in [2.75, 3.05) is 7.11 Å². The van der Waals surface area contributed by atoms with Gasteiger partial charge in [-0.05, 0) is 82.1 Å². The number of fused-ring (bicyclic) bond motifs is 6. The summed E-state index contributed by atoms with van der Waals surface area (Å²) in [6.07, 6.45) is 13.8. The summed E-state index contributed by atoms with van der Waals surface area (Å²) < 4.78 is 5.33. The van der Waals surface area contributed by atoms with Gasteiger partial charge < -0.3 is 14.9 Å². The van der Waals surface area contributed by atoms with E-state index in [1.807, 2.05) is 32.1 Å². The average molecular weight is 415 g/mol. The highest BCUT2D eigenvalue weighted by Crippen LogP contribution is 2.63. The van der Waals surface area contributed by atoms with Crippen molar-refractivity contribution in [1.29, 1.82) is 0 Å². The van der Waals surface area contributed by atoms with Crippen molar-refractivity contribution in [2.45, 2.75) is 83.5 Å². The lowest BCUT2D eigenvalue weighted by Gasteiger charge is -2.49. The van der Waals surface area contributed by atoms with E-state index >= 15 is 0 Å². The van der Waals surface area contributed by atoms with Crippen molar-refractivity contribution in [1.82, 2.24) is 0 Å². The lowest BCUT2D eigenvalue weighted by atomic mass is 9.57. The number of ketones is 1. The molecule has 2 N–H and O–H groups in total. The van der Waals surface area contributed by atoms with Crippen molar-refractivity contribution < 1.29 is 19.7 Å².